The van der Waals surface area contributed by atoms with Gasteiger partial charge < -0.3 is 10.1 Å². The molecule has 0 aliphatic carbocycles. The first kappa shape index (κ1) is 14.5. The van der Waals surface area contributed by atoms with Crippen LogP contribution in [0.2, 0.25) is 0 Å². The Morgan fingerprint density at radius 3 is 2.65 bits per heavy atom. The van der Waals surface area contributed by atoms with Crippen molar-refractivity contribution in [1.29, 1.82) is 0 Å². The first-order valence-corrected chi connectivity index (χ1v) is 6.96. The Balaban J connectivity index is 2.35. The molecule has 0 spiro atoms. The second kappa shape index (κ2) is 6.53. The molecule has 0 aliphatic heterocycles. The highest BCUT2D eigenvalue weighted by Gasteiger charge is 2.15. The first-order valence-electron chi connectivity index (χ1n) is 6.96. The molecule has 20 heavy (non-hydrogen) atoms. The van der Waals surface area contributed by atoms with Crippen molar-refractivity contribution in [3.8, 4) is 5.75 Å². The van der Waals surface area contributed by atoms with Crippen LogP contribution in [0.25, 0.3) is 0 Å². The lowest BCUT2D eigenvalue weighted by Crippen LogP contribution is -2.19. The summed E-state index contributed by atoms with van der Waals surface area (Å²) < 4.78 is 5.77. The van der Waals surface area contributed by atoms with Gasteiger partial charge in [-0.1, -0.05) is 12.1 Å². The Morgan fingerprint density at radius 1 is 1.20 bits per heavy atom. The van der Waals surface area contributed by atoms with E-state index in [1.165, 1.54) is 16.7 Å². The molecule has 1 aromatic heterocycles. The van der Waals surface area contributed by atoms with Crippen LogP contribution in [0.4, 0.5) is 0 Å². The monoisotopic (exact) mass is 270 g/mol. The Kier molecular flexibility index (Phi) is 4.74. The average Bonchev–Trinajstić information content (AvgIpc) is 2.41. The number of pyridine rings is 1. The van der Waals surface area contributed by atoms with E-state index in [1.54, 1.807) is 0 Å². The molecule has 3 nitrogen and oxygen atoms in total. The molecule has 3 heteroatoms. The number of aryl methyl sites for hydroxylation is 1. The molecule has 1 N–H and O–H groups in total. The van der Waals surface area contributed by atoms with Crippen LogP contribution in [0.1, 0.15) is 36.6 Å². The van der Waals surface area contributed by atoms with Crippen LogP contribution in [0.3, 0.4) is 0 Å². The molecule has 0 aliphatic rings. The molecule has 0 radical (unpaired) electrons. The summed E-state index contributed by atoms with van der Waals surface area (Å²) >= 11 is 0. The second-order valence-electron chi connectivity index (χ2n) is 5.19. The zero-order valence-corrected chi connectivity index (χ0v) is 12.6. The third-order valence-electron chi connectivity index (χ3n) is 3.24. The fourth-order valence-corrected chi connectivity index (χ4v) is 2.32. The van der Waals surface area contributed by atoms with Crippen molar-refractivity contribution in [2.45, 2.75) is 32.9 Å². The van der Waals surface area contributed by atoms with E-state index < -0.39 is 0 Å². The standard InChI is InChI=1S/C17H22N2O/c1-12(2)20-15-7-5-6-14(10-15)17(18-4)16-11-19-9-8-13(16)3/h5-12,17-18H,1-4H3. The molecule has 0 bridgehead atoms. The number of nitrogens with one attached hydrogen (secondary N) is 1. The van der Waals surface area contributed by atoms with Crippen LogP contribution in [0.15, 0.2) is 42.7 Å². The normalized spacial score (nSPS) is 12.4. The highest BCUT2D eigenvalue weighted by molar-refractivity contribution is 5.38. The number of ether oxygens (including phenoxy) is 1. The summed E-state index contributed by atoms with van der Waals surface area (Å²) in [5.74, 6) is 0.902. The van der Waals surface area contributed by atoms with E-state index >= 15 is 0 Å². The van der Waals surface area contributed by atoms with Gasteiger partial charge in [-0.25, -0.2) is 0 Å². The lowest BCUT2D eigenvalue weighted by atomic mass is 9.97. The fourth-order valence-electron chi connectivity index (χ4n) is 2.32. The van der Waals surface area contributed by atoms with Crippen LogP contribution < -0.4 is 10.1 Å². The minimum atomic E-state index is 0.124. The topological polar surface area (TPSA) is 34.1 Å². The predicted octanol–water partition coefficient (Wildman–Crippen LogP) is 3.49. The quantitative estimate of drug-likeness (QED) is 0.903. The van der Waals surface area contributed by atoms with Crippen molar-refractivity contribution < 1.29 is 4.74 Å². The minimum Gasteiger partial charge on any atom is -0.491 e. The third-order valence-corrected chi connectivity index (χ3v) is 3.24. The summed E-state index contributed by atoms with van der Waals surface area (Å²) in [7, 11) is 1.97. The van der Waals surface area contributed by atoms with Crippen LogP contribution in [-0.4, -0.2) is 18.1 Å². The maximum Gasteiger partial charge on any atom is 0.120 e. The fraction of sp³-hybridized carbons (Fsp3) is 0.353. The van der Waals surface area contributed by atoms with Gasteiger partial charge in [0.2, 0.25) is 0 Å². The first-order chi connectivity index (χ1) is 9.61. The number of nitrogens with zero attached hydrogens (tertiary/aromatic N) is 1. The van der Waals surface area contributed by atoms with Gasteiger partial charge in [0, 0.05) is 12.4 Å². The van der Waals surface area contributed by atoms with E-state index in [0.717, 1.165) is 5.75 Å². The van der Waals surface area contributed by atoms with E-state index in [9.17, 15) is 0 Å². The van der Waals surface area contributed by atoms with Crippen LogP contribution in [0.5, 0.6) is 5.75 Å². The summed E-state index contributed by atoms with van der Waals surface area (Å²) in [5.41, 5.74) is 3.60. The van der Waals surface area contributed by atoms with Gasteiger partial charge in [0.1, 0.15) is 5.75 Å². The molecule has 0 fully saturated rings. The van der Waals surface area contributed by atoms with E-state index in [1.807, 2.05) is 51.5 Å². The maximum atomic E-state index is 5.77. The van der Waals surface area contributed by atoms with Crippen molar-refractivity contribution >= 4 is 0 Å². The van der Waals surface area contributed by atoms with Gasteiger partial charge >= 0.3 is 0 Å². The molecule has 106 valence electrons. The Bertz CT molecular complexity index is 566. The summed E-state index contributed by atoms with van der Waals surface area (Å²) in [6.07, 6.45) is 3.93. The zero-order chi connectivity index (χ0) is 14.5. The van der Waals surface area contributed by atoms with Crippen molar-refractivity contribution in [1.82, 2.24) is 10.3 Å². The molecule has 2 aromatic rings. The summed E-state index contributed by atoms with van der Waals surface area (Å²) in [4.78, 5) is 4.24. The molecule has 0 saturated heterocycles. The second-order valence-corrected chi connectivity index (χ2v) is 5.19. The van der Waals surface area contributed by atoms with Crippen molar-refractivity contribution in [2.24, 2.45) is 0 Å². The molecule has 1 atom stereocenters. The number of hydrogen-bond acceptors (Lipinski definition) is 3. The minimum absolute atomic E-state index is 0.124. The summed E-state index contributed by atoms with van der Waals surface area (Å²) in [5, 5.41) is 3.36. The molecule has 2 rings (SSSR count). The lowest BCUT2D eigenvalue weighted by Gasteiger charge is -2.20. The van der Waals surface area contributed by atoms with E-state index in [4.69, 9.17) is 4.74 Å². The molecule has 1 unspecified atom stereocenters. The Hall–Kier alpha value is -1.87. The Labute approximate surface area is 121 Å². The molecular weight excluding hydrogens is 248 g/mol. The van der Waals surface area contributed by atoms with Gasteiger partial charge in [-0.05, 0) is 62.7 Å². The van der Waals surface area contributed by atoms with Crippen LogP contribution in [0, 0.1) is 6.92 Å². The summed E-state index contributed by atoms with van der Waals surface area (Å²) in [6.45, 7) is 6.18. The smallest absolute Gasteiger partial charge is 0.120 e. The number of aromatic nitrogens is 1. The zero-order valence-electron chi connectivity index (χ0n) is 12.6. The molecule has 0 amide bonds. The van der Waals surface area contributed by atoms with E-state index in [2.05, 4.69) is 29.4 Å². The molecule has 1 heterocycles. The molecular formula is C17H22N2O. The predicted molar refractivity (Wildman–Crippen MR) is 82.1 cm³/mol. The van der Waals surface area contributed by atoms with E-state index in [0.29, 0.717) is 0 Å². The highest BCUT2D eigenvalue weighted by atomic mass is 16.5. The van der Waals surface area contributed by atoms with Crippen LogP contribution >= 0.6 is 0 Å². The number of rotatable bonds is 5. The number of hydrogen-bond donors (Lipinski definition) is 1. The Morgan fingerprint density at radius 2 is 2.00 bits per heavy atom. The third kappa shape index (κ3) is 3.36. The highest BCUT2D eigenvalue weighted by Crippen LogP contribution is 2.26. The lowest BCUT2D eigenvalue weighted by molar-refractivity contribution is 0.242. The average molecular weight is 270 g/mol. The van der Waals surface area contributed by atoms with Crippen molar-refractivity contribution in [3.05, 3.63) is 59.4 Å². The van der Waals surface area contributed by atoms with Crippen molar-refractivity contribution in [2.75, 3.05) is 7.05 Å². The maximum absolute atomic E-state index is 5.77. The molecule has 1 aromatic carbocycles. The molecule has 0 saturated carbocycles. The van der Waals surface area contributed by atoms with E-state index in [-0.39, 0.29) is 12.1 Å². The van der Waals surface area contributed by atoms with Gasteiger partial charge in [0.15, 0.2) is 0 Å². The van der Waals surface area contributed by atoms with Gasteiger partial charge in [0.25, 0.3) is 0 Å². The largest absolute Gasteiger partial charge is 0.491 e. The van der Waals surface area contributed by atoms with Gasteiger partial charge in [-0.3, -0.25) is 4.98 Å². The summed E-state index contributed by atoms with van der Waals surface area (Å²) in [6, 6.07) is 10.4. The van der Waals surface area contributed by atoms with Gasteiger partial charge in [-0.15, -0.1) is 0 Å². The van der Waals surface area contributed by atoms with Gasteiger partial charge in [0.05, 0.1) is 12.1 Å². The van der Waals surface area contributed by atoms with Crippen molar-refractivity contribution in [3.63, 3.8) is 0 Å². The SMILES string of the molecule is CNC(c1cccc(OC(C)C)c1)c1cnccc1C. The number of benzene rings is 1. The van der Waals surface area contributed by atoms with Gasteiger partial charge in [-0.2, -0.15) is 0 Å². The van der Waals surface area contributed by atoms with Crippen LogP contribution in [-0.2, 0) is 0 Å².